The summed E-state index contributed by atoms with van der Waals surface area (Å²) in [7, 11) is 0. The van der Waals surface area contributed by atoms with Gasteiger partial charge in [0, 0.05) is 12.0 Å². The predicted molar refractivity (Wildman–Crippen MR) is 109 cm³/mol. The summed E-state index contributed by atoms with van der Waals surface area (Å²) in [6, 6.07) is 11.8. The van der Waals surface area contributed by atoms with Crippen LogP contribution < -0.4 is 9.64 Å². The topological polar surface area (TPSA) is 12.5 Å². The molecule has 2 aromatic carbocycles. The van der Waals surface area contributed by atoms with Gasteiger partial charge in [-0.3, -0.25) is 0 Å². The van der Waals surface area contributed by atoms with Crippen LogP contribution in [0.1, 0.15) is 77.1 Å². The lowest BCUT2D eigenvalue weighted by Crippen LogP contribution is -2.30. The van der Waals surface area contributed by atoms with Crippen LogP contribution in [0.2, 0.25) is 0 Å². The Hall–Kier alpha value is -2.03. The highest BCUT2D eigenvalue weighted by Crippen LogP contribution is 2.53. The van der Waals surface area contributed by atoms with Gasteiger partial charge in [-0.1, -0.05) is 59.7 Å². The van der Waals surface area contributed by atoms with Gasteiger partial charge in [-0.2, -0.15) is 0 Å². The number of anilines is 1. The highest BCUT2D eigenvalue weighted by atomic mass is 19.1. The number of halogens is 1. The Kier molecular flexibility index (Phi) is 4.06. The molecule has 0 bridgehead atoms. The number of nitrogens with zero attached hydrogens (tertiary/aromatic N) is 1. The Bertz CT molecular complexity index is 858. The number of hydrogen-bond acceptors (Lipinski definition) is 2. The van der Waals surface area contributed by atoms with Gasteiger partial charge in [0.2, 0.25) is 0 Å². The van der Waals surface area contributed by atoms with E-state index in [1.807, 2.05) is 12.1 Å². The summed E-state index contributed by atoms with van der Waals surface area (Å²) < 4.78 is 19.9. The lowest BCUT2D eigenvalue weighted by atomic mass is 9.79. The zero-order valence-electron chi connectivity index (χ0n) is 17.3. The summed E-state index contributed by atoms with van der Waals surface area (Å²) in [5.74, 6) is 0.851. The van der Waals surface area contributed by atoms with Crippen LogP contribution in [0.25, 0.3) is 0 Å². The Balaban J connectivity index is 1.85. The molecule has 1 fully saturated rings. The van der Waals surface area contributed by atoms with Crippen molar-refractivity contribution in [2.24, 2.45) is 0 Å². The van der Waals surface area contributed by atoms with Crippen molar-refractivity contribution in [3.05, 3.63) is 58.9 Å². The molecule has 27 heavy (non-hydrogen) atoms. The summed E-state index contributed by atoms with van der Waals surface area (Å²) in [5.41, 5.74) is 5.05. The number of fused-ring (bicyclic) bond motifs is 3. The fourth-order valence-corrected chi connectivity index (χ4v) is 4.29. The first-order valence-electron chi connectivity index (χ1n) is 9.95. The quantitative estimate of drug-likeness (QED) is 0.572. The molecule has 2 aliphatic heterocycles. The predicted octanol–water partition coefficient (Wildman–Crippen LogP) is 6.48. The molecule has 2 nitrogen and oxygen atoms in total. The van der Waals surface area contributed by atoms with Gasteiger partial charge >= 0.3 is 0 Å². The minimum Gasteiger partial charge on any atom is -0.468 e. The lowest BCUT2D eigenvalue weighted by molar-refractivity contribution is 0.233. The minimum atomic E-state index is -0.184. The first-order valence-corrected chi connectivity index (χ1v) is 9.95. The van der Waals surface area contributed by atoms with Gasteiger partial charge in [0.05, 0.1) is 11.7 Å². The van der Waals surface area contributed by atoms with Gasteiger partial charge in [0.1, 0.15) is 11.6 Å². The molecule has 3 heteroatoms. The monoisotopic (exact) mass is 367 g/mol. The van der Waals surface area contributed by atoms with Crippen LogP contribution in [-0.4, -0.2) is 6.23 Å². The molecule has 1 saturated heterocycles. The van der Waals surface area contributed by atoms with E-state index in [2.05, 4.69) is 58.6 Å². The second-order valence-electron chi connectivity index (χ2n) is 10.00. The number of rotatable bonds is 1. The zero-order valence-corrected chi connectivity index (χ0v) is 17.3. The molecule has 0 N–H and O–H groups in total. The Morgan fingerprint density at radius 2 is 1.59 bits per heavy atom. The van der Waals surface area contributed by atoms with Gasteiger partial charge in [-0.15, -0.1) is 0 Å². The smallest absolute Gasteiger partial charge is 0.173 e. The van der Waals surface area contributed by atoms with Crippen molar-refractivity contribution in [3.8, 4) is 5.75 Å². The highest BCUT2D eigenvalue weighted by molar-refractivity contribution is 5.70. The van der Waals surface area contributed by atoms with Gasteiger partial charge in [0.25, 0.3) is 0 Å². The standard InChI is InChI=1S/C24H30FNO/c1-23(2,3)16-13-18(24(4,5)6)22-20(14-16)26-19(11-12-21(26)27-22)15-7-9-17(25)10-8-15/h7-10,13-14,19,21H,11-12H2,1-6H3/t19-,21+/m0/s1. The van der Waals surface area contributed by atoms with Crippen molar-refractivity contribution in [1.29, 1.82) is 0 Å². The zero-order chi connectivity index (χ0) is 19.6. The van der Waals surface area contributed by atoms with E-state index in [1.54, 1.807) is 12.1 Å². The maximum atomic E-state index is 13.4. The van der Waals surface area contributed by atoms with Crippen molar-refractivity contribution < 1.29 is 9.13 Å². The normalized spacial score (nSPS) is 21.8. The number of ether oxygens (including phenoxy) is 1. The molecular weight excluding hydrogens is 337 g/mol. The number of benzene rings is 2. The number of hydrogen-bond donors (Lipinski definition) is 0. The SMILES string of the molecule is CC(C)(C)c1cc2c(c(C(C)(C)C)c1)O[C@@H]1CC[C@@H](c3ccc(F)cc3)N21. The molecule has 0 spiro atoms. The molecule has 0 aliphatic carbocycles. The molecule has 0 aromatic heterocycles. The molecule has 2 heterocycles. The van der Waals surface area contributed by atoms with Crippen LogP contribution in [0.4, 0.5) is 10.1 Å². The molecule has 4 rings (SSSR count). The molecule has 0 unspecified atom stereocenters. The molecule has 144 valence electrons. The molecular formula is C24H30FNO. The largest absolute Gasteiger partial charge is 0.468 e. The maximum Gasteiger partial charge on any atom is 0.173 e. The third kappa shape index (κ3) is 3.11. The first kappa shape index (κ1) is 18.3. The van der Waals surface area contributed by atoms with Gasteiger partial charge in [0.15, 0.2) is 6.23 Å². The van der Waals surface area contributed by atoms with Crippen LogP contribution in [-0.2, 0) is 10.8 Å². The van der Waals surface area contributed by atoms with E-state index in [1.165, 1.54) is 16.8 Å². The second-order valence-corrected chi connectivity index (χ2v) is 10.00. The highest BCUT2D eigenvalue weighted by Gasteiger charge is 2.44. The van der Waals surface area contributed by atoms with Crippen LogP contribution in [0.5, 0.6) is 5.75 Å². The molecule has 0 saturated carbocycles. The summed E-state index contributed by atoms with van der Waals surface area (Å²) >= 11 is 0. The van der Waals surface area contributed by atoms with Gasteiger partial charge in [-0.05, 0) is 46.6 Å². The molecule has 2 aromatic rings. The third-order valence-corrected chi connectivity index (χ3v) is 5.86. The van der Waals surface area contributed by atoms with E-state index < -0.39 is 0 Å². The van der Waals surface area contributed by atoms with Crippen molar-refractivity contribution >= 4 is 5.69 Å². The van der Waals surface area contributed by atoms with Crippen molar-refractivity contribution in [1.82, 2.24) is 0 Å². The fourth-order valence-electron chi connectivity index (χ4n) is 4.29. The van der Waals surface area contributed by atoms with Gasteiger partial charge < -0.3 is 9.64 Å². The maximum absolute atomic E-state index is 13.4. The molecule has 2 aliphatic rings. The van der Waals surface area contributed by atoms with E-state index in [4.69, 9.17) is 4.74 Å². The average molecular weight is 368 g/mol. The Labute approximate surface area is 162 Å². The van der Waals surface area contributed by atoms with E-state index in [-0.39, 0.29) is 28.9 Å². The van der Waals surface area contributed by atoms with Crippen molar-refractivity contribution in [3.63, 3.8) is 0 Å². The van der Waals surface area contributed by atoms with E-state index in [0.29, 0.717) is 0 Å². The van der Waals surface area contributed by atoms with E-state index in [9.17, 15) is 4.39 Å². The van der Waals surface area contributed by atoms with Gasteiger partial charge in [-0.25, -0.2) is 4.39 Å². The molecule has 2 atom stereocenters. The Morgan fingerprint density at radius 3 is 2.19 bits per heavy atom. The first-order chi connectivity index (χ1) is 12.6. The van der Waals surface area contributed by atoms with Crippen molar-refractivity contribution in [2.75, 3.05) is 4.90 Å². The molecule has 0 radical (unpaired) electrons. The lowest BCUT2D eigenvalue weighted by Gasteiger charge is -2.29. The second kappa shape index (κ2) is 5.98. The van der Waals surface area contributed by atoms with E-state index >= 15 is 0 Å². The average Bonchev–Trinajstić information content (AvgIpc) is 3.12. The third-order valence-electron chi connectivity index (χ3n) is 5.86. The minimum absolute atomic E-state index is 0.0104. The van der Waals surface area contributed by atoms with Crippen LogP contribution in [0.15, 0.2) is 36.4 Å². The Morgan fingerprint density at radius 1 is 0.926 bits per heavy atom. The van der Waals surface area contributed by atoms with Crippen LogP contribution in [0, 0.1) is 5.82 Å². The fraction of sp³-hybridized carbons (Fsp3) is 0.500. The molecule has 0 amide bonds. The van der Waals surface area contributed by atoms with Crippen molar-refractivity contribution in [2.45, 2.75) is 77.5 Å². The van der Waals surface area contributed by atoms with Crippen LogP contribution >= 0.6 is 0 Å². The van der Waals surface area contributed by atoms with E-state index in [0.717, 1.165) is 24.2 Å². The summed E-state index contributed by atoms with van der Waals surface area (Å²) in [4.78, 5) is 2.42. The summed E-state index contributed by atoms with van der Waals surface area (Å²) in [5, 5.41) is 0. The summed E-state index contributed by atoms with van der Waals surface area (Å²) in [6.45, 7) is 13.5. The summed E-state index contributed by atoms with van der Waals surface area (Å²) in [6.07, 6.45) is 2.09. The van der Waals surface area contributed by atoms with Crippen LogP contribution in [0.3, 0.4) is 0 Å².